The van der Waals surface area contributed by atoms with Crippen LogP contribution in [0.2, 0.25) is 0 Å². The van der Waals surface area contributed by atoms with E-state index in [2.05, 4.69) is 6.07 Å². The van der Waals surface area contributed by atoms with Gasteiger partial charge in [0, 0.05) is 0 Å². The second-order valence-electron chi connectivity index (χ2n) is 4.39. The Balaban J connectivity index is 2.48. The van der Waals surface area contributed by atoms with Gasteiger partial charge in [0.15, 0.2) is 0 Å². The standard InChI is InChI=1S/C12H21NO/c1-2-10(9-13)12(14)11-7-5-3-4-6-8-11/h10-12,14H,2-8H2,1H3. The van der Waals surface area contributed by atoms with Crippen molar-refractivity contribution in [3.63, 3.8) is 0 Å². The molecule has 0 amide bonds. The molecule has 0 aromatic rings. The first-order chi connectivity index (χ1) is 6.79. The second-order valence-corrected chi connectivity index (χ2v) is 4.39. The third kappa shape index (κ3) is 2.99. The van der Waals surface area contributed by atoms with Gasteiger partial charge in [-0.05, 0) is 25.2 Å². The number of hydrogen-bond donors (Lipinski definition) is 1. The van der Waals surface area contributed by atoms with Crippen LogP contribution in [-0.4, -0.2) is 11.2 Å². The molecule has 0 saturated heterocycles. The van der Waals surface area contributed by atoms with E-state index in [4.69, 9.17) is 5.26 Å². The summed E-state index contributed by atoms with van der Waals surface area (Å²) >= 11 is 0. The minimum absolute atomic E-state index is 0.155. The molecule has 0 heterocycles. The molecule has 2 atom stereocenters. The molecule has 2 unspecified atom stereocenters. The summed E-state index contributed by atoms with van der Waals surface area (Å²) in [5, 5.41) is 18.9. The molecule has 1 fully saturated rings. The molecule has 14 heavy (non-hydrogen) atoms. The van der Waals surface area contributed by atoms with E-state index in [-0.39, 0.29) is 12.0 Å². The van der Waals surface area contributed by atoms with Gasteiger partial charge >= 0.3 is 0 Å². The smallest absolute Gasteiger partial charge is 0.0726 e. The molecule has 0 aromatic heterocycles. The fourth-order valence-electron chi connectivity index (χ4n) is 2.39. The van der Waals surface area contributed by atoms with Crippen LogP contribution in [0.15, 0.2) is 0 Å². The van der Waals surface area contributed by atoms with Gasteiger partial charge in [0.2, 0.25) is 0 Å². The summed E-state index contributed by atoms with van der Waals surface area (Å²) in [5.74, 6) is 0.222. The third-order valence-electron chi connectivity index (χ3n) is 3.40. The minimum atomic E-state index is -0.386. The summed E-state index contributed by atoms with van der Waals surface area (Å²) in [5.41, 5.74) is 0. The van der Waals surface area contributed by atoms with Gasteiger partial charge in [-0.1, -0.05) is 32.6 Å². The maximum atomic E-state index is 10.0. The number of nitrogens with zero attached hydrogens (tertiary/aromatic N) is 1. The van der Waals surface area contributed by atoms with E-state index >= 15 is 0 Å². The zero-order chi connectivity index (χ0) is 10.4. The van der Waals surface area contributed by atoms with Crippen LogP contribution in [-0.2, 0) is 0 Å². The summed E-state index contributed by atoms with van der Waals surface area (Å²) in [6, 6.07) is 2.22. The van der Waals surface area contributed by atoms with E-state index in [0.29, 0.717) is 5.92 Å². The summed E-state index contributed by atoms with van der Waals surface area (Å²) in [7, 11) is 0. The molecule has 0 aromatic carbocycles. The Hall–Kier alpha value is -0.550. The summed E-state index contributed by atoms with van der Waals surface area (Å²) < 4.78 is 0. The van der Waals surface area contributed by atoms with Crippen molar-refractivity contribution in [2.75, 3.05) is 0 Å². The van der Waals surface area contributed by atoms with Crippen LogP contribution in [0.3, 0.4) is 0 Å². The summed E-state index contributed by atoms with van der Waals surface area (Å²) in [6.07, 6.45) is 7.65. The molecule has 0 aliphatic heterocycles. The maximum absolute atomic E-state index is 10.0. The average molecular weight is 195 g/mol. The first-order valence-electron chi connectivity index (χ1n) is 5.87. The van der Waals surface area contributed by atoms with Crippen LogP contribution in [0, 0.1) is 23.2 Å². The lowest BCUT2D eigenvalue weighted by molar-refractivity contribution is 0.0621. The molecular formula is C12H21NO. The predicted molar refractivity (Wildman–Crippen MR) is 56.6 cm³/mol. The normalized spacial score (nSPS) is 23.5. The van der Waals surface area contributed by atoms with Crippen molar-refractivity contribution < 1.29 is 5.11 Å². The van der Waals surface area contributed by atoms with Crippen LogP contribution in [0.25, 0.3) is 0 Å². The minimum Gasteiger partial charge on any atom is -0.391 e. The Morgan fingerprint density at radius 2 is 1.86 bits per heavy atom. The molecule has 2 heteroatoms. The zero-order valence-corrected chi connectivity index (χ0v) is 9.08. The van der Waals surface area contributed by atoms with Gasteiger partial charge in [0.05, 0.1) is 18.1 Å². The predicted octanol–water partition coefficient (Wildman–Crippen LogP) is 2.87. The fraction of sp³-hybridized carbons (Fsp3) is 0.917. The molecule has 0 radical (unpaired) electrons. The van der Waals surface area contributed by atoms with Gasteiger partial charge in [-0.3, -0.25) is 0 Å². The Morgan fingerprint density at radius 1 is 1.29 bits per heavy atom. The van der Waals surface area contributed by atoms with E-state index < -0.39 is 0 Å². The average Bonchev–Trinajstić information content (AvgIpc) is 2.47. The van der Waals surface area contributed by atoms with Crippen molar-refractivity contribution in [2.24, 2.45) is 11.8 Å². The van der Waals surface area contributed by atoms with Gasteiger partial charge in [0.25, 0.3) is 0 Å². The number of aliphatic hydroxyl groups is 1. The van der Waals surface area contributed by atoms with Gasteiger partial charge in [-0.15, -0.1) is 0 Å². The topological polar surface area (TPSA) is 44.0 Å². The Kier molecular flexibility index (Phi) is 4.97. The van der Waals surface area contributed by atoms with Crippen LogP contribution in [0.1, 0.15) is 51.9 Å². The van der Waals surface area contributed by atoms with Crippen molar-refractivity contribution >= 4 is 0 Å². The highest BCUT2D eigenvalue weighted by Gasteiger charge is 2.26. The van der Waals surface area contributed by atoms with Crippen molar-refractivity contribution in [1.82, 2.24) is 0 Å². The van der Waals surface area contributed by atoms with Crippen molar-refractivity contribution in [3.8, 4) is 6.07 Å². The number of nitriles is 1. The fourth-order valence-corrected chi connectivity index (χ4v) is 2.39. The second kappa shape index (κ2) is 6.03. The quantitative estimate of drug-likeness (QED) is 0.704. The molecule has 1 aliphatic rings. The van der Waals surface area contributed by atoms with Crippen LogP contribution in [0.5, 0.6) is 0 Å². The molecule has 1 rings (SSSR count). The molecule has 2 nitrogen and oxygen atoms in total. The van der Waals surface area contributed by atoms with Gasteiger partial charge in [-0.25, -0.2) is 0 Å². The SMILES string of the molecule is CCC(C#N)C(O)C1CCCCCC1. The van der Waals surface area contributed by atoms with Gasteiger partial charge in [-0.2, -0.15) is 5.26 Å². The van der Waals surface area contributed by atoms with E-state index in [1.54, 1.807) is 0 Å². The Morgan fingerprint density at radius 3 is 2.29 bits per heavy atom. The highest BCUT2D eigenvalue weighted by Crippen LogP contribution is 2.29. The largest absolute Gasteiger partial charge is 0.391 e. The summed E-state index contributed by atoms with van der Waals surface area (Å²) in [4.78, 5) is 0. The monoisotopic (exact) mass is 195 g/mol. The number of rotatable bonds is 3. The lowest BCUT2D eigenvalue weighted by Gasteiger charge is -2.24. The van der Waals surface area contributed by atoms with Crippen molar-refractivity contribution in [3.05, 3.63) is 0 Å². The Bertz CT molecular complexity index is 189. The molecule has 1 N–H and O–H groups in total. The van der Waals surface area contributed by atoms with Crippen LogP contribution in [0.4, 0.5) is 0 Å². The van der Waals surface area contributed by atoms with Gasteiger partial charge < -0.3 is 5.11 Å². The summed E-state index contributed by atoms with van der Waals surface area (Å²) in [6.45, 7) is 1.98. The van der Waals surface area contributed by atoms with E-state index in [1.165, 1.54) is 25.7 Å². The molecule has 0 spiro atoms. The molecular weight excluding hydrogens is 174 g/mol. The zero-order valence-electron chi connectivity index (χ0n) is 9.08. The molecule has 1 aliphatic carbocycles. The first-order valence-corrected chi connectivity index (χ1v) is 5.87. The number of aliphatic hydroxyl groups excluding tert-OH is 1. The highest BCUT2D eigenvalue weighted by molar-refractivity contribution is 4.90. The van der Waals surface area contributed by atoms with Crippen LogP contribution < -0.4 is 0 Å². The van der Waals surface area contributed by atoms with E-state index in [9.17, 15) is 5.11 Å². The third-order valence-corrected chi connectivity index (χ3v) is 3.40. The van der Waals surface area contributed by atoms with E-state index in [0.717, 1.165) is 19.3 Å². The van der Waals surface area contributed by atoms with Crippen LogP contribution >= 0.6 is 0 Å². The molecule has 0 bridgehead atoms. The highest BCUT2D eigenvalue weighted by atomic mass is 16.3. The number of hydrogen-bond acceptors (Lipinski definition) is 2. The lowest BCUT2D eigenvalue weighted by Crippen LogP contribution is -2.27. The molecule has 1 saturated carbocycles. The van der Waals surface area contributed by atoms with E-state index in [1.807, 2.05) is 6.92 Å². The van der Waals surface area contributed by atoms with Gasteiger partial charge in [0.1, 0.15) is 0 Å². The maximum Gasteiger partial charge on any atom is 0.0726 e. The van der Waals surface area contributed by atoms with Crippen molar-refractivity contribution in [2.45, 2.75) is 58.0 Å². The first kappa shape index (κ1) is 11.5. The Labute approximate surface area is 86.9 Å². The lowest BCUT2D eigenvalue weighted by atomic mass is 9.85. The van der Waals surface area contributed by atoms with Crippen molar-refractivity contribution in [1.29, 1.82) is 5.26 Å². The molecule has 80 valence electrons.